The summed E-state index contributed by atoms with van der Waals surface area (Å²) in [4.78, 5) is 37.1. The summed E-state index contributed by atoms with van der Waals surface area (Å²) >= 11 is 0. The summed E-state index contributed by atoms with van der Waals surface area (Å²) in [5, 5.41) is 2.71. The number of benzene rings is 1. The molecule has 1 aromatic heterocycles. The van der Waals surface area contributed by atoms with Crippen molar-refractivity contribution in [2.45, 2.75) is 13.3 Å². The van der Waals surface area contributed by atoms with Crippen molar-refractivity contribution in [3.8, 4) is 0 Å². The summed E-state index contributed by atoms with van der Waals surface area (Å²) in [6.45, 7) is 1.72. The number of aromatic amines is 1. The molecule has 1 aromatic carbocycles. The zero-order valence-corrected chi connectivity index (χ0v) is 12.8. The van der Waals surface area contributed by atoms with Gasteiger partial charge in [0, 0.05) is 25.2 Å². The lowest BCUT2D eigenvalue weighted by Crippen LogP contribution is -2.22. The van der Waals surface area contributed by atoms with E-state index in [9.17, 15) is 14.4 Å². The van der Waals surface area contributed by atoms with Crippen molar-refractivity contribution >= 4 is 17.7 Å². The van der Waals surface area contributed by atoms with Crippen molar-refractivity contribution < 1.29 is 19.1 Å². The largest absolute Gasteiger partial charge is 0.453 e. The number of amides is 1. The minimum Gasteiger partial charge on any atom is -0.453 e. The Balaban J connectivity index is 1.82. The first-order chi connectivity index (χ1) is 11.1. The molecule has 120 valence electrons. The minimum atomic E-state index is -0.560. The number of hydrogen-bond acceptors (Lipinski definition) is 4. The van der Waals surface area contributed by atoms with Gasteiger partial charge in [-0.1, -0.05) is 24.3 Å². The van der Waals surface area contributed by atoms with Gasteiger partial charge in [0.05, 0.1) is 0 Å². The zero-order chi connectivity index (χ0) is 16.7. The molecule has 0 fully saturated rings. The van der Waals surface area contributed by atoms with E-state index in [4.69, 9.17) is 4.74 Å². The van der Waals surface area contributed by atoms with Crippen LogP contribution in [0.25, 0.3) is 0 Å². The predicted octanol–water partition coefficient (Wildman–Crippen LogP) is 1.73. The van der Waals surface area contributed by atoms with Gasteiger partial charge in [0.15, 0.2) is 12.4 Å². The van der Waals surface area contributed by atoms with Crippen LogP contribution in [-0.2, 0) is 16.0 Å². The van der Waals surface area contributed by atoms with Gasteiger partial charge in [0.1, 0.15) is 5.69 Å². The second-order valence-corrected chi connectivity index (χ2v) is 5.01. The van der Waals surface area contributed by atoms with Crippen molar-refractivity contribution in [3.63, 3.8) is 0 Å². The third-order valence-corrected chi connectivity index (χ3v) is 3.22. The summed E-state index contributed by atoms with van der Waals surface area (Å²) < 4.78 is 4.96. The van der Waals surface area contributed by atoms with Gasteiger partial charge in [-0.15, -0.1) is 0 Å². The molecule has 2 aromatic rings. The van der Waals surface area contributed by atoms with E-state index in [0.717, 1.165) is 5.56 Å². The maximum Gasteiger partial charge on any atom is 0.355 e. The highest BCUT2D eigenvalue weighted by Gasteiger charge is 2.12. The molecule has 2 N–H and O–H groups in total. The van der Waals surface area contributed by atoms with Crippen LogP contribution in [0.3, 0.4) is 0 Å². The van der Waals surface area contributed by atoms with E-state index in [1.54, 1.807) is 30.5 Å². The Hall–Kier alpha value is -2.89. The highest BCUT2D eigenvalue weighted by Crippen LogP contribution is 2.07. The molecular weight excluding hydrogens is 296 g/mol. The van der Waals surface area contributed by atoms with Crippen LogP contribution in [0.5, 0.6) is 0 Å². The maximum atomic E-state index is 12.0. The summed E-state index contributed by atoms with van der Waals surface area (Å²) in [5.41, 5.74) is 1.80. The Morgan fingerprint density at radius 3 is 2.48 bits per heavy atom. The number of esters is 1. The van der Waals surface area contributed by atoms with Crippen molar-refractivity contribution in [1.82, 2.24) is 10.3 Å². The minimum absolute atomic E-state index is 0.0688. The summed E-state index contributed by atoms with van der Waals surface area (Å²) in [7, 11) is 0. The number of Topliss-reactive ketones (excluding diaryl/α,β-unsaturated/α-hetero) is 1. The van der Waals surface area contributed by atoms with E-state index in [1.165, 1.54) is 6.92 Å². The van der Waals surface area contributed by atoms with Crippen molar-refractivity contribution in [2.24, 2.45) is 0 Å². The summed E-state index contributed by atoms with van der Waals surface area (Å²) in [6.07, 6.45) is 2.30. The van der Waals surface area contributed by atoms with E-state index in [2.05, 4.69) is 10.3 Å². The Labute approximate surface area is 133 Å². The molecule has 0 saturated heterocycles. The highest BCUT2D eigenvalue weighted by atomic mass is 16.5. The maximum absolute atomic E-state index is 12.0. The Morgan fingerprint density at radius 2 is 1.87 bits per heavy atom. The van der Waals surface area contributed by atoms with Gasteiger partial charge >= 0.3 is 5.97 Å². The monoisotopic (exact) mass is 314 g/mol. The van der Waals surface area contributed by atoms with Gasteiger partial charge < -0.3 is 15.0 Å². The second-order valence-electron chi connectivity index (χ2n) is 5.01. The van der Waals surface area contributed by atoms with Crippen LogP contribution >= 0.6 is 0 Å². The van der Waals surface area contributed by atoms with Gasteiger partial charge in [-0.05, 0) is 24.1 Å². The van der Waals surface area contributed by atoms with Crippen LogP contribution in [0.2, 0.25) is 0 Å². The number of nitrogens with one attached hydrogen (secondary N) is 2. The number of carbonyl (C=O) groups excluding carboxylic acids is 3. The second kappa shape index (κ2) is 7.93. The Bertz CT molecular complexity index is 675. The first-order valence-electron chi connectivity index (χ1n) is 7.23. The molecule has 23 heavy (non-hydrogen) atoms. The molecule has 0 radical (unpaired) electrons. The molecule has 2 rings (SSSR count). The smallest absolute Gasteiger partial charge is 0.355 e. The highest BCUT2D eigenvalue weighted by molar-refractivity contribution is 5.99. The van der Waals surface area contributed by atoms with Gasteiger partial charge in [-0.25, -0.2) is 4.79 Å². The quantitative estimate of drug-likeness (QED) is 0.602. The van der Waals surface area contributed by atoms with E-state index in [-0.39, 0.29) is 18.3 Å². The number of hydrogen-bond donors (Lipinski definition) is 2. The zero-order valence-electron chi connectivity index (χ0n) is 12.8. The van der Waals surface area contributed by atoms with Crippen molar-refractivity contribution in [3.05, 3.63) is 59.4 Å². The molecular formula is C17H18N2O4. The van der Waals surface area contributed by atoms with Gasteiger partial charge in [0.25, 0.3) is 0 Å². The van der Waals surface area contributed by atoms with Crippen LogP contribution in [0.4, 0.5) is 0 Å². The number of ketones is 1. The number of H-pyrrole nitrogens is 1. The number of aromatic nitrogens is 1. The SMILES string of the molecule is CC(=O)NCCc1ccc(C(=O)COC(=O)c2ccc[nH]2)cc1. The van der Waals surface area contributed by atoms with Gasteiger partial charge in [-0.2, -0.15) is 0 Å². The summed E-state index contributed by atoms with van der Waals surface area (Å²) in [6, 6.07) is 10.3. The standard InChI is InChI=1S/C17H18N2O4/c1-12(20)18-10-8-13-4-6-14(7-5-13)16(21)11-23-17(22)15-3-2-9-19-15/h2-7,9,19H,8,10-11H2,1H3,(H,18,20). The number of ether oxygens (including phenoxy) is 1. The molecule has 0 saturated carbocycles. The third kappa shape index (κ3) is 5.10. The number of carbonyl (C=O) groups is 3. The molecule has 1 amide bonds. The first kappa shape index (κ1) is 16.5. The third-order valence-electron chi connectivity index (χ3n) is 3.22. The fourth-order valence-electron chi connectivity index (χ4n) is 1.99. The molecule has 1 heterocycles. The fourth-order valence-corrected chi connectivity index (χ4v) is 1.99. The average Bonchev–Trinajstić information content (AvgIpc) is 3.07. The van der Waals surface area contributed by atoms with Crippen molar-refractivity contribution in [1.29, 1.82) is 0 Å². The topological polar surface area (TPSA) is 88.3 Å². The molecule has 0 aliphatic carbocycles. The molecule has 0 bridgehead atoms. The normalized spacial score (nSPS) is 10.1. The molecule has 0 atom stereocenters. The lowest BCUT2D eigenvalue weighted by Gasteiger charge is -2.05. The Kier molecular flexibility index (Phi) is 5.68. The van der Waals surface area contributed by atoms with E-state index in [0.29, 0.717) is 24.2 Å². The lowest BCUT2D eigenvalue weighted by molar-refractivity contribution is -0.118. The first-order valence-corrected chi connectivity index (χ1v) is 7.23. The average molecular weight is 314 g/mol. The van der Waals surface area contributed by atoms with E-state index >= 15 is 0 Å². The summed E-state index contributed by atoms with van der Waals surface area (Å²) in [5.74, 6) is -0.894. The Morgan fingerprint density at radius 1 is 1.13 bits per heavy atom. The molecule has 6 heteroatoms. The van der Waals surface area contributed by atoms with Crippen LogP contribution in [-0.4, -0.2) is 35.8 Å². The van der Waals surface area contributed by atoms with Crippen LogP contribution in [0.1, 0.15) is 33.3 Å². The molecule has 0 unspecified atom stereocenters. The van der Waals surface area contributed by atoms with Crippen molar-refractivity contribution in [2.75, 3.05) is 13.2 Å². The molecule has 0 aliphatic heterocycles. The van der Waals surface area contributed by atoms with E-state index in [1.807, 2.05) is 12.1 Å². The number of rotatable bonds is 7. The van der Waals surface area contributed by atoms with Gasteiger partial charge in [0.2, 0.25) is 5.91 Å². The van der Waals surface area contributed by atoms with Crippen LogP contribution in [0, 0.1) is 0 Å². The predicted molar refractivity (Wildman–Crippen MR) is 84.2 cm³/mol. The molecule has 0 spiro atoms. The van der Waals surface area contributed by atoms with E-state index < -0.39 is 5.97 Å². The molecule has 0 aliphatic rings. The lowest BCUT2D eigenvalue weighted by atomic mass is 10.1. The molecule has 6 nitrogen and oxygen atoms in total. The van der Waals surface area contributed by atoms with Crippen LogP contribution < -0.4 is 5.32 Å². The van der Waals surface area contributed by atoms with Gasteiger partial charge in [-0.3, -0.25) is 9.59 Å². The van der Waals surface area contributed by atoms with Crippen LogP contribution in [0.15, 0.2) is 42.6 Å². The fraction of sp³-hybridized carbons (Fsp3) is 0.235.